The third-order valence-corrected chi connectivity index (χ3v) is 5.63. The quantitative estimate of drug-likeness (QED) is 0.554. The molecule has 0 saturated heterocycles. The second kappa shape index (κ2) is 8.56. The summed E-state index contributed by atoms with van der Waals surface area (Å²) in [5.74, 6) is 10.3. The van der Waals surface area contributed by atoms with E-state index in [4.69, 9.17) is 0 Å². The predicted molar refractivity (Wildman–Crippen MR) is 88.4 cm³/mol. The summed E-state index contributed by atoms with van der Waals surface area (Å²) in [5.41, 5.74) is 0. The van der Waals surface area contributed by atoms with E-state index in [0.29, 0.717) is 5.92 Å². The van der Waals surface area contributed by atoms with Gasteiger partial charge in [0.25, 0.3) is 0 Å². The molecule has 0 aromatic heterocycles. The number of rotatable bonds is 3. The van der Waals surface area contributed by atoms with Gasteiger partial charge in [-0.2, -0.15) is 0 Å². The molecule has 0 amide bonds. The molecule has 0 radical (unpaired) electrons. The van der Waals surface area contributed by atoms with E-state index < -0.39 is 0 Å². The van der Waals surface area contributed by atoms with E-state index in [1.165, 1.54) is 64.2 Å². The first-order valence-electron chi connectivity index (χ1n) is 8.99. The molecule has 20 heavy (non-hydrogen) atoms. The van der Waals surface area contributed by atoms with Gasteiger partial charge in [-0.05, 0) is 75.2 Å². The van der Waals surface area contributed by atoms with Gasteiger partial charge in [-0.1, -0.05) is 44.6 Å². The lowest BCUT2D eigenvalue weighted by Gasteiger charge is -2.25. The average Bonchev–Trinajstić information content (AvgIpc) is 2.53. The van der Waals surface area contributed by atoms with Crippen molar-refractivity contribution in [3.05, 3.63) is 12.2 Å². The molecule has 0 atom stereocenters. The first-order valence-corrected chi connectivity index (χ1v) is 8.99. The average molecular weight is 272 g/mol. The van der Waals surface area contributed by atoms with E-state index in [-0.39, 0.29) is 0 Å². The van der Waals surface area contributed by atoms with Crippen LogP contribution in [0.2, 0.25) is 0 Å². The molecule has 0 aromatic rings. The Kier molecular flexibility index (Phi) is 6.71. The smallest absolute Gasteiger partial charge is 0.0206 e. The largest absolute Gasteiger partial charge is 0.0951 e. The molecule has 0 aliphatic heterocycles. The van der Waals surface area contributed by atoms with Crippen molar-refractivity contribution in [2.45, 2.75) is 78.1 Å². The Hall–Kier alpha value is -0.700. The summed E-state index contributed by atoms with van der Waals surface area (Å²) in [4.78, 5) is 0. The van der Waals surface area contributed by atoms with Crippen LogP contribution in [0, 0.1) is 35.5 Å². The maximum absolute atomic E-state index is 3.49. The molecule has 0 bridgehead atoms. The molecule has 0 unspecified atom stereocenters. The molecule has 112 valence electrons. The standard InChI is InChI=1S/C20H32/c1-3-17-9-13-19(14-10-17)7-5-6-8-20-15-11-18(4-2)12-16-20/h5,7,17-20H,3-4,9-16H2,1-2H3/b7-5+. The fourth-order valence-electron chi connectivity index (χ4n) is 3.85. The molecule has 0 spiro atoms. The maximum atomic E-state index is 3.49. The van der Waals surface area contributed by atoms with Crippen molar-refractivity contribution in [1.29, 1.82) is 0 Å². The Morgan fingerprint density at radius 2 is 1.35 bits per heavy atom. The van der Waals surface area contributed by atoms with Crippen LogP contribution in [0.5, 0.6) is 0 Å². The zero-order chi connectivity index (χ0) is 14.2. The van der Waals surface area contributed by atoms with E-state index in [0.717, 1.165) is 17.8 Å². The second-order valence-corrected chi connectivity index (χ2v) is 6.96. The van der Waals surface area contributed by atoms with Crippen molar-refractivity contribution < 1.29 is 0 Å². The molecule has 2 aliphatic carbocycles. The second-order valence-electron chi connectivity index (χ2n) is 6.96. The van der Waals surface area contributed by atoms with Crippen LogP contribution in [0.25, 0.3) is 0 Å². The molecule has 2 saturated carbocycles. The summed E-state index contributed by atoms with van der Waals surface area (Å²) >= 11 is 0. The van der Waals surface area contributed by atoms with Gasteiger partial charge in [-0.15, -0.1) is 0 Å². The van der Waals surface area contributed by atoms with E-state index in [1.807, 2.05) is 0 Å². The van der Waals surface area contributed by atoms with Crippen LogP contribution in [0.1, 0.15) is 78.1 Å². The molecule has 0 heterocycles. The highest BCUT2D eigenvalue weighted by Crippen LogP contribution is 2.31. The summed E-state index contributed by atoms with van der Waals surface area (Å²) in [7, 11) is 0. The van der Waals surface area contributed by atoms with Crippen molar-refractivity contribution in [3.8, 4) is 11.8 Å². The molecule has 0 nitrogen and oxygen atoms in total. The Labute approximate surface area is 126 Å². The van der Waals surface area contributed by atoms with E-state index >= 15 is 0 Å². The molecular weight excluding hydrogens is 240 g/mol. The first kappa shape index (κ1) is 15.7. The lowest BCUT2D eigenvalue weighted by atomic mass is 9.80. The fourth-order valence-corrected chi connectivity index (χ4v) is 3.85. The fraction of sp³-hybridized carbons (Fsp3) is 0.800. The van der Waals surface area contributed by atoms with Crippen LogP contribution in [0.3, 0.4) is 0 Å². The summed E-state index contributed by atoms with van der Waals surface area (Å²) in [6.45, 7) is 4.66. The van der Waals surface area contributed by atoms with Gasteiger partial charge in [-0.3, -0.25) is 0 Å². The number of allylic oxidation sites excluding steroid dienone is 2. The van der Waals surface area contributed by atoms with Gasteiger partial charge in [0, 0.05) is 5.92 Å². The molecule has 0 heteroatoms. The minimum Gasteiger partial charge on any atom is -0.0951 e. The van der Waals surface area contributed by atoms with Gasteiger partial charge in [0.2, 0.25) is 0 Å². The molecule has 0 N–H and O–H groups in total. The summed E-state index contributed by atoms with van der Waals surface area (Å²) in [5, 5.41) is 0. The van der Waals surface area contributed by atoms with Gasteiger partial charge in [0.15, 0.2) is 0 Å². The van der Waals surface area contributed by atoms with Crippen molar-refractivity contribution >= 4 is 0 Å². The topological polar surface area (TPSA) is 0 Å². The Morgan fingerprint density at radius 3 is 1.90 bits per heavy atom. The Morgan fingerprint density at radius 1 is 0.800 bits per heavy atom. The lowest BCUT2D eigenvalue weighted by molar-refractivity contribution is 0.303. The maximum Gasteiger partial charge on any atom is 0.0206 e. The van der Waals surface area contributed by atoms with Crippen molar-refractivity contribution in [1.82, 2.24) is 0 Å². The van der Waals surface area contributed by atoms with Crippen LogP contribution < -0.4 is 0 Å². The third kappa shape index (κ3) is 5.01. The minimum atomic E-state index is 0.679. The lowest BCUT2D eigenvalue weighted by Crippen LogP contribution is -2.12. The van der Waals surface area contributed by atoms with E-state index in [9.17, 15) is 0 Å². The summed E-state index contributed by atoms with van der Waals surface area (Å²) in [6, 6.07) is 0. The summed E-state index contributed by atoms with van der Waals surface area (Å²) < 4.78 is 0. The highest BCUT2D eigenvalue weighted by molar-refractivity contribution is 5.18. The van der Waals surface area contributed by atoms with Crippen LogP contribution in [-0.2, 0) is 0 Å². The van der Waals surface area contributed by atoms with Crippen LogP contribution in [0.15, 0.2) is 12.2 Å². The van der Waals surface area contributed by atoms with Gasteiger partial charge in [0.1, 0.15) is 0 Å². The number of hydrogen-bond donors (Lipinski definition) is 0. The summed E-state index contributed by atoms with van der Waals surface area (Å²) in [6.07, 6.45) is 18.4. The van der Waals surface area contributed by atoms with Gasteiger partial charge in [0.05, 0.1) is 0 Å². The molecule has 2 rings (SSSR count). The monoisotopic (exact) mass is 272 g/mol. The van der Waals surface area contributed by atoms with Gasteiger partial charge < -0.3 is 0 Å². The molecule has 2 fully saturated rings. The van der Waals surface area contributed by atoms with Crippen LogP contribution >= 0.6 is 0 Å². The van der Waals surface area contributed by atoms with Crippen molar-refractivity contribution in [3.63, 3.8) is 0 Å². The van der Waals surface area contributed by atoms with Crippen molar-refractivity contribution in [2.24, 2.45) is 23.7 Å². The predicted octanol–water partition coefficient (Wildman–Crippen LogP) is 5.98. The third-order valence-electron chi connectivity index (χ3n) is 5.63. The van der Waals surface area contributed by atoms with Crippen LogP contribution in [-0.4, -0.2) is 0 Å². The highest BCUT2D eigenvalue weighted by atomic mass is 14.2. The van der Waals surface area contributed by atoms with E-state index in [2.05, 4.69) is 37.8 Å². The molecular formula is C20H32. The highest BCUT2D eigenvalue weighted by Gasteiger charge is 2.18. The SMILES string of the molecule is CCC1CCC(C#C/C=C/C2CCC(CC)CC2)CC1. The van der Waals surface area contributed by atoms with Crippen LogP contribution in [0.4, 0.5) is 0 Å². The Balaban J connectivity index is 1.68. The molecule has 2 aliphatic rings. The zero-order valence-electron chi connectivity index (χ0n) is 13.5. The Bertz CT molecular complexity index is 338. The van der Waals surface area contributed by atoms with Gasteiger partial charge >= 0.3 is 0 Å². The minimum absolute atomic E-state index is 0.679. The molecule has 0 aromatic carbocycles. The first-order chi connectivity index (χ1) is 9.81. The zero-order valence-corrected chi connectivity index (χ0v) is 13.5. The number of hydrogen-bond acceptors (Lipinski definition) is 0. The van der Waals surface area contributed by atoms with Gasteiger partial charge in [-0.25, -0.2) is 0 Å². The normalized spacial score (nSPS) is 34.7. The van der Waals surface area contributed by atoms with E-state index in [1.54, 1.807) is 0 Å². The van der Waals surface area contributed by atoms with Crippen molar-refractivity contribution in [2.75, 3.05) is 0 Å².